The van der Waals surface area contributed by atoms with E-state index in [0.29, 0.717) is 5.69 Å². The summed E-state index contributed by atoms with van der Waals surface area (Å²) in [6, 6.07) is 8.61. The number of carboxylic acids is 1. The number of nitrogens with zero attached hydrogens (tertiary/aromatic N) is 3. The largest absolute Gasteiger partial charge is 0.478 e. The maximum atomic E-state index is 12.2. The second kappa shape index (κ2) is 7.06. The lowest BCUT2D eigenvalue weighted by molar-refractivity contribution is -0.117. The molecule has 1 aromatic carbocycles. The zero-order chi connectivity index (χ0) is 18.0. The monoisotopic (exact) mass is 342 g/mol. The van der Waals surface area contributed by atoms with Crippen molar-refractivity contribution in [2.45, 2.75) is 26.3 Å². The van der Waals surface area contributed by atoms with Gasteiger partial charge in [0.25, 0.3) is 0 Å². The molecular weight excluding hydrogens is 320 g/mol. The van der Waals surface area contributed by atoms with Gasteiger partial charge in [-0.1, -0.05) is 6.07 Å². The number of benzene rings is 1. The van der Waals surface area contributed by atoms with E-state index >= 15 is 0 Å². The number of aromatic nitrogens is 2. The van der Waals surface area contributed by atoms with E-state index in [2.05, 4.69) is 21.4 Å². The summed E-state index contributed by atoms with van der Waals surface area (Å²) in [5.41, 5.74) is 2.80. The number of carboxylic acid groups (broad SMARTS) is 1. The van der Waals surface area contributed by atoms with Gasteiger partial charge in [0.15, 0.2) is 0 Å². The summed E-state index contributed by atoms with van der Waals surface area (Å²) in [5, 5.41) is 16.3. The molecule has 132 valence electrons. The third-order valence-corrected chi connectivity index (χ3v) is 4.40. The Labute approximate surface area is 146 Å². The molecule has 3 rings (SSSR count). The highest BCUT2D eigenvalue weighted by Crippen LogP contribution is 2.23. The van der Waals surface area contributed by atoms with Crippen LogP contribution in [0.15, 0.2) is 30.3 Å². The Kier molecular flexibility index (Phi) is 4.85. The van der Waals surface area contributed by atoms with Crippen molar-refractivity contribution in [2.24, 2.45) is 0 Å². The van der Waals surface area contributed by atoms with Gasteiger partial charge in [0.1, 0.15) is 0 Å². The maximum absolute atomic E-state index is 12.2. The number of hydrogen-bond donors (Lipinski definition) is 2. The molecule has 2 heterocycles. The molecule has 7 nitrogen and oxygen atoms in total. The molecule has 0 saturated carbocycles. The van der Waals surface area contributed by atoms with Gasteiger partial charge < -0.3 is 10.4 Å². The number of aromatic carboxylic acids is 1. The quantitative estimate of drug-likeness (QED) is 0.869. The summed E-state index contributed by atoms with van der Waals surface area (Å²) in [4.78, 5) is 25.3. The Bertz CT molecular complexity index is 799. The minimum Gasteiger partial charge on any atom is -0.478 e. The summed E-state index contributed by atoms with van der Waals surface area (Å²) >= 11 is 0. The first kappa shape index (κ1) is 17.2. The molecule has 1 aliphatic rings. The molecule has 1 amide bonds. The average Bonchev–Trinajstić information content (AvgIpc) is 3.13. The molecule has 1 unspecified atom stereocenters. The predicted octanol–water partition coefficient (Wildman–Crippen LogP) is 2.08. The number of nitrogens with one attached hydrogen (secondary N) is 1. The lowest BCUT2D eigenvalue weighted by atomic mass is 10.2. The number of carbonyl (C=O) groups excluding carboxylic acids is 1. The summed E-state index contributed by atoms with van der Waals surface area (Å²) in [6.45, 7) is 5.93. The molecule has 0 aliphatic carbocycles. The number of amides is 1. The van der Waals surface area contributed by atoms with Gasteiger partial charge >= 0.3 is 5.97 Å². The fourth-order valence-electron chi connectivity index (χ4n) is 3.30. The van der Waals surface area contributed by atoms with E-state index in [0.717, 1.165) is 30.9 Å². The fourth-order valence-corrected chi connectivity index (χ4v) is 3.30. The van der Waals surface area contributed by atoms with E-state index in [-0.39, 0.29) is 24.1 Å². The zero-order valence-corrected chi connectivity index (χ0v) is 14.4. The van der Waals surface area contributed by atoms with Gasteiger partial charge in [-0.25, -0.2) is 4.79 Å². The predicted molar refractivity (Wildman–Crippen MR) is 93.8 cm³/mol. The minimum absolute atomic E-state index is 0.142. The molecule has 7 heteroatoms. The maximum Gasteiger partial charge on any atom is 0.335 e. The Morgan fingerprint density at radius 1 is 1.32 bits per heavy atom. The van der Waals surface area contributed by atoms with E-state index < -0.39 is 5.97 Å². The first-order valence-electron chi connectivity index (χ1n) is 8.30. The molecule has 0 spiro atoms. The molecule has 1 aliphatic heterocycles. The standard InChI is InChI=1S/C18H22N4O3/c1-12-8-13(2)22(20-12)16-6-7-21(10-16)11-17(23)19-15-5-3-4-14(9-15)18(24)25/h3-5,8-9,16H,6-7,10-11H2,1-2H3,(H,19,23)(H,24,25). The molecule has 0 bridgehead atoms. The van der Waals surface area contributed by atoms with Crippen molar-refractivity contribution in [3.63, 3.8) is 0 Å². The molecule has 2 N–H and O–H groups in total. The highest BCUT2D eigenvalue weighted by Gasteiger charge is 2.26. The van der Waals surface area contributed by atoms with Crippen LogP contribution in [0.2, 0.25) is 0 Å². The molecule has 0 radical (unpaired) electrons. The Balaban J connectivity index is 1.56. The lowest BCUT2D eigenvalue weighted by Gasteiger charge is -2.17. The van der Waals surface area contributed by atoms with Crippen LogP contribution < -0.4 is 5.32 Å². The van der Waals surface area contributed by atoms with E-state index in [9.17, 15) is 9.59 Å². The van der Waals surface area contributed by atoms with Crippen molar-refractivity contribution in [1.82, 2.24) is 14.7 Å². The van der Waals surface area contributed by atoms with Crippen molar-refractivity contribution in [3.8, 4) is 0 Å². The van der Waals surface area contributed by atoms with Crippen molar-refractivity contribution in [2.75, 3.05) is 25.0 Å². The number of anilines is 1. The molecule has 1 aromatic heterocycles. The zero-order valence-electron chi connectivity index (χ0n) is 14.4. The highest BCUT2D eigenvalue weighted by molar-refractivity contribution is 5.94. The van der Waals surface area contributed by atoms with Crippen molar-refractivity contribution in [1.29, 1.82) is 0 Å². The Hall–Kier alpha value is -2.67. The number of hydrogen-bond acceptors (Lipinski definition) is 4. The number of aryl methyl sites for hydroxylation is 2. The molecule has 1 saturated heterocycles. The number of likely N-dealkylation sites (tertiary alicyclic amines) is 1. The van der Waals surface area contributed by atoms with Gasteiger partial charge in [-0.3, -0.25) is 14.4 Å². The van der Waals surface area contributed by atoms with Crippen molar-refractivity contribution < 1.29 is 14.7 Å². The van der Waals surface area contributed by atoms with Crippen LogP contribution in [0.3, 0.4) is 0 Å². The SMILES string of the molecule is Cc1cc(C)n(C2CCN(CC(=O)Nc3cccc(C(=O)O)c3)C2)n1. The normalized spacial score (nSPS) is 17.6. The van der Waals surface area contributed by atoms with Gasteiger partial charge in [0, 0.05) is 24.5 Å². The molecule has 1 fully saturated rings. The third kappa shape index (κ3) is 4.06. The van der Waals surface area contributed by atoms with Gasteiger partial charge in [-0.2, -0.15) is 5.10 Å². The minimum atomic E-state index is -1.01. The fraction of sp³-hybridized carbons (Fsp3) is 0.389. The van der Waals surface area contributed by atoms with Crippen LogP contribution in [0.5, 0.6) is 0 Å². The lowest BCUT2D eigenvalue weighted by Crippen LogP contribution is -2.32. The van der Waals surface area contributed by atoms with E-state index in [1.54, 1.807) is 12.1 Å². The first-order chi connectivity index (χ1) is 11.9. The van der Waals surface area contributed by atoms with Crippen LogP contribution in [-0.2, 0) is 4.79 Å². The summed E-state index contributed by atoms with van der Waals surface area (Å²) in [6.07, 6.45) is 0.962. The van der Waals surface area contributed by atoms with Crippen LogP contribution in [0.1, 0.15) is 34.2 Å². The molecule has 1 atom stereocenters. The van der Waals surface area contributed by atoms with Gasteiger partial charge in [0.2, 0.25) is 5.91 Å². The first-order valence-corrected chi connectivity index (χ1v) is 8.30. The van der Waals surface area contributed by atoms with Crippen LogP contribution in [0.25, 0.3) is 0 Å². The molecule has 2 aromatic rings. The molecule has 25 heavy (non-hydrogen) atoms. The van der Waals surface area contributed by atoms with Gasteiger partial charge in [-0.05, 0) is 44.5 Å². The second-order valence-electron chi connectivity index (χ2n) is 6.48. The molecular formula is C18H22N4O3. The van der Waals surface area contributed by atoms with Crippen LogP contribution >= 0.6 is 0 Å². The second-order valence-corrected chi connectivity index (χ2v) is 6.48. The Morgan fingerprint density at radius 3 is 2.80 bits per heavy atom. The van der Waals surface area contributed by atoms with Crippen molar-refractivity contribution >= 4 is 17.6 Å². The number of rotatable bonds is 5. The van der Waals surface area contributed by atoms with E-state index in [1.165, 1.54) is 12.1 Å². The Morgan fingerprint density at radius 2 is 2.12 bits per heavy atom. The summed E-state index contributed by atoms with van der Waals surface area (Å²) < 4.78 is 2.05. The smallest absolute Gasteiger partial charge is 0.335 e. The van der Waals surface area contributed by atoms with E-state index in [4.69, 9.17) is 5.11 Å². The highest BCUT2D eigenvalue weighted by atomic mass is 16.4. The topological polar surface area (TPSA) is 87.5 Å². The number of carbonyl (C=O) groups is 2. The van der Waals surface area contributed by atoms with Gasteiger partial charge in [0.05, 0.1) is 23.8 Å². The average molecular weight is 342 g/mol. The van der Waals surface area contributed by atoms with Gasteiger partial charge in [-0.15, -0.1) is 0 Å². The van der Waals surface area contributed by atoms with Crippen LogP contribution in [0, 0.1) is 13.8 Å². The third-order valence-electron chi connectivity index (χ3n) is 4.40. The van der Waals surface area contributed by atoms with Crippen LogP contribution in [-0.4, -0.2) is 51.3 Å². The van der Waals surface area contributed by atoms with Crippen LogP contribution in [0.4, 0.5) is 5.69 Å². The summed E-state index contributed by atoms with van der Waals surface area (Å²) in [5.74, 6) is -1.15. The summed E-state index contributed by atoms with van der Waals surface area (Å²) in [7, 11) is 0. The van der Waals surface area contributed by atoms with E-state index in [1.807, 2.05) is 18.5 Å². The van der Waals surface area contributed by atoms with Crippen molar-refractivity contribution in [3.05, 3.63) is 47.3 Å².